The number of hydrogen-bond acceptors (Lipinski definition) is 0. The summed E-state index contributed by atoms with van der Waals surface area (Å²) < 4.78 is 0. The molecular weight excluding hydrogens is 228 g/mol. The summed E-state index contributed by atoms with van der Waals surface area (Å²) in [6.07, 6.45) is 13.5. The van der Waals surface area contributed by atoms with Gasteiger partial charge in [0.2, 0.25) is 0 Å². The summed E-state index contributed by atoms with van der Waals surface area (Å²) in [6.45, 7) is 0. The van der Waals surface area contributed by atoms with E-state index in [1.54, 1.807) is 0 Å². The van der Waals surface area contributed by atoms with Crippen LogP contribution in [0.4, 0.5) is 0 Å². The van der Waals surface area contributed by atoms with E-state index in [1.807, 2.05) is 0 Å². The third kappa shape index (κ3) is 1.09. The van der Waals surface area contributed by atoms with Crippen LogP contribution in [0, 0.1) is 0 Å². The molecule has 0 bridgehead atoms. The van der Waals surface area contributed by atoms with Crippen molar-refractivity contribution in [2.75, 3.05) is 0 Å². The van der Waals surface area contributed by atoms with E-state index in [0.29, 0.717) is 5.92 Å². The molecule has 3 aliphatic rings. The Kier molecular flexibility index (Phi) is 1.59. The summed E-state index contributed by atoms with van der Waals surface area (Å²) in [7, 11) is 0. The maximum absolute atomic E-state index is 2.35. The molecule has 1 atom stereocenters. The van der Waals surface area contributed by atoms with Crippen LogP contribution in [0.15, 0.2) is 65.8 Å². The largest absolute Gasteiger partial charge is 0.0617 e. The predicted octanol–water partition coefficient (Wildman–Crippen LogP) is 4.84. The number of allylic oxidation sites excluding steroid dienone is 6. The van der Waals surface area contributed by atoms with Gasteiger partial charge in [-0.2, -0.15) is 0 Å². The molecule has 0 spiro atoms. The number of rotatable bonds is 0. The lowest BCUT2D eigenvalue weighted by Gasteiger charge is -2.32. The molecule has 0 amide bonds. The van der Waals surface area contributed by atoms with Crippen molar-refractivity contribution in [2.45, 2.75) is 5.92 Å². The maximum atomic E-state index is 2.35. The zero-order chi connectivity index (χ0) is 12.4. The smallest absolute Gasteiger partial charge is 0.0352 e. The van der Waals surface area contributed by atoms with Gasteiger partial charge in [0.05, 0.1) is 0 Å². The van der Waals surface area contributed by atoms with Crippen molar-refractivity contribution in [2.24, 2.45) is 0 Å². The van der Waals surface area contributed by atoms with Crippen molar-refractivity contribution in [1.29, 1.82) is 0 Å². The van der Waals surface area contributed by atoms with Crippen LogP contribution < -0.4 is 0 Å². The molecule has 2 aromatic carbocycles. The lowest BCUT2D eigenvalue weighted by molar-refractivity contribution is 0.966. The minimum Gasteiger partial charge on any atom is -0.0617 e. The molecule has 0 heteroatoms. The molecule has 0 fully saturated rings. The van der Waals surface area contributed by atoms with Crippen molar-refractivity contribution in [1.82, 2.24) is 0 Å². The lowest BCUT2D eigenvalue weighted by Crippen LogP contribution is -2.14. The molecule has 1 unspecified atom stereocenters. The molecule has 0 N–H and O–H groups in total. The molecule has 0 saturated carbocycles. The van der Waals surface area contributed by atoms with Crippen LogP contribution >= 0.6 is 0 Å². The van der Waals surface area contributed by atoms with E-state index in [4.69, 9.17) is 0 Å². The van der Waals surface area contributed by atoms with E-state index in [0.717, 1.165) is 0 Å². The van der Waals surface area contributed by atoms with E-state index in [9.17, 15) is 0 Å². The molecule has 3 aliphatic carbocycles. The topological polar surface area (TPSA) is 0 Å². The highest BCUT2D eigenvalue weighted by molar-refractivity contribution is 6.00. The Labute approximate surface area is 112 Å². The fourth-order valence-electron chi connectivity index (χ4n) is 3.67. The molecule has 0 saturated heterocycles. The van der Waals surface area contributed by atoms with Gasteiger partial charge in [0, 0.05) is 5.92 Å². The number of benzene rings is 2. The summed E-state index contributed by atoms with van der Waals surface area (Å²) in [4.78, 5) is 0. The third-order valence-corrected chi connectivity index (χ3v) is 4.46. The van der Waals surface area contributed by atoms with Gasteiger partial charge in [-0.15, -0.1) is 0 Å². The first-order valence-electron chi connectivity index (χ1n) is 6.75. The standard InChI is InChI=1S/C19H12/c1-3-12-7-9-14-10-8-13-4-2-6-16-11-15(5-1)17(12)19(14)18(13)16/h1-11,17H. The van der Waals surface area contributed by atoms with Gasteiger partial charge in [0.1, 0.15) is 0 Å². The summed E-state index contributed by atoms with van der Waals surface area (Å²) in [5.41, 5.74) is 7.09. The molecule has 0 aromatic heterocycles. The Bertz CT molecular complexity index is 857. The normalized spacial score (nSPS) is 21.4. The summed E-state index contributed by atoms with van der Waals surface area (Å²) in [6, 6.07) is 11.1. The Morgan fingerprint density at radius 3 is 2.79 bits per heavy atom. The fraction of sp³-hybridized carbons (Fsp3) is 0.0526. The molecular formula is C19H12. The minimum atomic E-state index is 0.448. The lowest BCUT2D eigenvalue weighted by atomic mass is 9.71. The Balaban J connectivity index is 2.05. The van der Waals surface area contributed by atoms with Crippen LogP contribution in [0.3, 0.4) is 0 Å². The van der Waals surface area contributed by atoms with Gasteiger partial charge in [-0.25, -0.2) is 0 Å². The molecule has 19 heavy (non-hydrogen) atoms. The van der Waals surface area contributed by atoms with Crippen molar-refractivity contribution < 1.29 is 0 Å². The Morgan fingerprint density at radius 2 is 1.79 bits per heavy atom. The maximum Gasteiger partial charge on any atom is 0.0352 e. The monoisotopic (exact) mass is 240 g/mol. The summed E-state index contributed by atoms with van der Waals surface area (Å²) in [5, 5.41) is 2.80. The van der Waals surface area contributed by atoms with Crippen LogP contribution in [-0.4, -0.2) is 0 Å². The predicted molar refractivity (Wildman–Crippen MR) is 80.9 cm³/mol. The molecule has 0 heterocycles. The fourth-order valence-corrected chi connectivity index (χ4v) is 3.67. The highest BCUT2D eigenvalue weighted by Crippen LogP contribution is 2.48. The highest BCUT2D eigenvalue weighted by atomic mass is 14.3. The second-order valence-corrected chi connectivity index (χ2v) is 5.45. The van der Waals surface area contributed by atoms with Gasteiger partial charge in [0.15, 0.2) is 0 Å². The van der Waals surface area contributed by atoms with Gasteiger partial charge in [-0.3, -0.25) is 0 Å². The first-order chi connectivity index (χ1) is 9.42. The van der Waals surface area contributed by atoms with E-state index in [-0.39, 0.29) is 0 Å². The molecule has 0 nitrogen and oxygen atoms in total. The molecule has 0 aliphatic heterocycles. The van der Waals surface area contributed by atoms with Crippen LogP contribution in [0.1, 0.15) is 22.6 Å². The molecule has 2 aromatic rings. The van der Waals surface area contributed by atoms with Gasteiger partial charge in [0.25, 0.3) is 0 Å². The first kappa shape index (κ1) is 9.57. The minimum absolute atomic E-state index is 0.448. The summed E-state index contributed by atoms with van der Waals surface area (Å²) in [5.74, 6) is 0.448. The van der Waals surface area contributed by atoms with Gasteiger partial charge >= 0.3 is 0 Å². The van der Waals surface area contributed by atoms with Crippen LogP contribution in [0.2, 0.25) is 0 Å². The number of hydrogen-bond donors (Lipinski definition) is 0. The third-order valence-electron chi connectivity index (χ3n) is 4.46. The van der Waals surface area contributed by atoms with Crippen molar-refractivity contribution in [3.8, 4) is 0 Å². The second-order valence-electron chi connectivity index (χ2n) is 5.45. The van der Waals surface area contributed by atoms with Crippen molar-refractivity contribution >= 4 is 22.9 Å². The van der Waals surface area contributed by atoms with E-state index in [1.165, 1.54) is 38.6 Å². The summed E-state index contributed by atoms with van der Waals surface area (Å²) >= 11 is 0. The molecule has 0 radical (unpaired) electrons. The highest BCUT2D eigenvalue weighted by Gasteiger charge is 2.30. The van der Waals surface area contributed by atoms with E-state index < -0.39 is 0 Å². The second kappa shape index (κ2) is 3.16. The van der Waals surface area contributed by atoms with Crippen molar-refractivity contribution in [3.05, 3.63) is 82.5 Å². The van der Waals surface area contributed by atoms with Crippen LogP contribution in [0.5, 0.6) is 0 Å². The van der Waals surface area contributed by atoms with Gasteiger partial charge < -0.3 is 0 Å². The Morgan fingerprint density at radius 1 is 0.789 bits per heavy atom. The quantitative estimate of drug-likeness (QED) is 0.618. The molecule has 88 valence electrons. The van der Waals surface area contributed by atoms with Crippen LogP contribution in [0.25, 0.3) is 22.9 Å². The average Bonchev–Trinajstić information content (AvgIpc) is 2.47. The van der Waals surface area contributed by atoms with Gasteiger partial charge in [-0.1, -0.05) is 66.8 Å². The van der Waals surface area contributed by atoms with Crippen LogP contribution in [-0.2, 0) is 0 Å². The van der Waals surface area contributed by atoms with E-state index >= 15 is 0 Å². The zero-order valence-corrected chi connectivity index (χ0v) is 10.4. The Hall–Kier alpha value is -2.34. The van der Waals surface area contributed by atoms with Crippen molar-refractivity contribution in [3.63, 3.8) is 0 Å². The molecule has 5 rings (SSSR count). The van der Waals surface area contributed by atoms with E-state index in [2.05, 4.69) is 66.8 Å². The average molecular weight is 240 g/mol. The zero-order valence-electron chi connectivity index (χ0n) is 10.4. The SMILES string of the molecule is C1=CC2=Cc3cccc4ccc5c(c34)C2C(=C1)C=C5. The van der Waals surface area contributed by atoms with Gasteiger partial charge in [-0.05, 0) is 38.6 Å². The first-order valence-corrected chi connectivity index (χ1v) is 6.75.